The van der Waals surface area contributed by atoms with E-state index in [9.17, 15) is 0 Å². The molecule has 0 spiro atoms. The summed E-state index contributed by atoms with van der Waals surface area (Å²) in [6.07, 6.45) is 6.57. The first-order valence-electron chi connectivity index (χ1n) is 7.09. The first-order chi connectivity index (χ1) is 9.80. The van der Waals surface area contributed by atoms with Crippen LogP contribution in [0.4, 0.5) is 0 Å². The van der Waals surface area contributed by atoms with Crippen LogP contribution in [0.25, 0.3) is 11.0 Å². The summed E-state index contributed by atoms with van der Waals surface area (Å²) in [7, 11) is 1.93. The topological polar surface area (TPSA) is 28.4 Å². The minimum Gasteiger partial charge on any atom is -0.459 e. The van der Waals surface area contributed by atoms with Gasteiger partial charge in [0.2, 0.25) is 0 Å². The van der Waals surface area contributed by atoms with Crippen LogP contribution < -0.4 is 5.32 Å². The fourth-order valence-electron chi connectivity index (χ4n) is 2.51. The average Bonchev–Trinajstić information content (AvgIpc) is 2.78. The van der Waals surface area contributed by atoms with E-state index in [0.717, 1.165) is 37.4 Å². The number of nitrogens with one attached hydrogen (secondary N) is 1. The Bertz CT molecular complexity index is 595. The van der Waals surface area contributed by atoms with Crippen molar-refractivity contribution in [3.63, 3.8) is 0 Å². The molecule has 1 heterocycles. The molecule has 1 aromatic heterocycles. The second-order valence-corrected chi connectivity index (χ2v) is 4.95. The van der Waals surface area contributed by atoms with Crippen molar-refractivity contribution in [3.8, 4) is 12.3 Å². The molecule has 0 aliphatic carbocycles. The van der Waals surface area contributed by atoms with Crippen LogP contribution in [-0.2, 0) is 13.1 Å². The molecule has 106 valence electrons. The normalized spacial score (nSPS) is 11.1. The molecule has 0 unspecified atom stereocenters. The van der Waals surface area contributed by atoms with E-state index in [1.165, 1.54) is 10.9 Å². The molecule has 0 saturated carbocycles. The van der Waals surface area contributed by atoms with Gasteiger partial charge in [0, 0.05) is 17.5 Å². The molecule has 0 amide bonds. The molecule has 3 heteroatoms. The molecule has 0 radical (unpaired) electrons. The molecule has 0 saturated heterocycles. The molecule has 2 rings (SSSR count). The first kappa shape index (κ1) is 14.6. The van der Waals surface area contributed by atoms with Crippen molar-refractivity contribution in [1.29, 1.82) is 0 Å². The lowest BCUT2D eigenvalue weighted by Gasteiger charge is -2.19. The summed E-state index contributed by atoms with van der Waals surface area (Å²) in [6, 6.07) is 8.19. The summed E-state index contributed by atoms with van der Waals surface area (Å²) in [4.78, 5) is 2.29. The molecular formula is C17H22N2O. The maximum absolute atomic E-state index is 5.96. The third kappa shape index (κ3) is 3.22. The summed E-state index contributed by atoms with van der Waals surface area (Å²) in [5.41, 5.74) is 2.20. The van der Waals surface area contributed by atoms with Gasteiger partial charge >= 0.3 is 0 Å². The molecule has 0 fully saturated rings. The van der Waals surface area contributed by atoms with Gasteiger partial charge in [-0.2, -0.15) is 0 Å². The van der Waals surface area contributed by atoms with Crippen molar-refractivity contribution in [2.24, 2.45) is 0 Å². The summed E-state index contributed by atoms with van der Waals surface area (Å²) in [6.45, 7) is 5.42. The summed E-state index contributed by atoms with van der Waals surface area (Å²) >= 11 is 0. The van der Waals surface area contributed by atoms with Gasteiger partial charge in [-0.05, 0) is 26.1 Å². The minimum atomic E-state index is 0.673. The number of fused-ring (bicyclic) bond motifs is 1. The molecule has 0 bridgehead atoms. The number of benzene rings is 1. The quantitative estimate of drug-likeness (QED) is 0.784. The molecule has 0 aliphatic heterocycles. The van der Waals surface area contributed by atoms with Crippen LogP contribution in [0.15, 0.2) is 28.7 Å². The van der Waals surface area contributed by atoms with Gasteiger partial charge in [-0.1, -0.05) is 31.0 Å². The monoisotopic (exact) mass is 270 g/mol. The lowest BCUT2D eigenvalue weighted by molar-refractivity contribution is 0.297. The van der Waals surface area contributed by atoms with E-state index in [2.05, 4.69) is 35.2 Å². The van der Waals surface area contributed by atoms with Gasteiger partial charge in [0.25, 0.3) is 0 Å². The van der Waals surface area contributed by atoms with Gasteiger partial charge in [-0.25, -0.2) is 0 Å². The molecule has 1 N–H and O–H groups in total. The highest BCUT2D eigenvalue weighted by Crippen LogP contribution is 2.27. The average molecular weight is 270 g/mol. The van der Waals surface area contributed by atoms with Crippen LogP contribution in [0.3, 0.4) is 0 Å². The maximum atomic E-state index is 5.96. The van der Waals surface area contributed by atoms with Crippen LogP contribution in [0.1, 0.15) is 24.7 Å². The summed E-state index contributed by atoms with van der Waals surface area (Å²) in [5, 5.41) is 4.36. The van der Waals surface area contributed by atoms with Crippen molar-refractivity contribution in [2.75, 3.05) is 20.1 Å². The fraction of sp³-hybridized carbons (Fsp3) is 0.412. The Balaban J connectivity index is 2.34. The van der Waals surface area contributed by atoms with E-state index in [-0.39, 0.29) is 0 Å². The maximum Gasteiger partial charge on any atom is 0.134 e. The van der Waals surface area contributed by atoms with Gasteiger partial charge < -0.3 is 9.73 Å². The van der Waals surface area contributed by atoms with Crippen molar-refractivity contribution >= 4 is 11.0 Å². The van der Waals surface area contributed by atoms with Gasteiger partial charge in [0.15, 0.2) is 0 Å². The molecule has 0 aliphatic rings. The predicted molar refractivity (Wildman–Crippen MR) is 83.4 cm³/mol. The van der Waals surface area contributed by atoms with Crippen molar-refractivity contribution in [2.45, 2.75) is 26.4 Å². The number of furan rings is 1. The van der Waals surface area contributed by atoms with Crippen molar-refractivity contribution < 1.29 is 4.42 Å². The Morgan fingerprint density at radius 2 is 2.15 bits per heavy atom. The lowest BCUT2D eigenvalue weighted by Crippen LogP contribution is -2.25. The standard InChI is InChI=1S/C17H22N2O/c1-4-10-19(11-5-2)13-15-14-8-6-7-9-16(14)20-17(15)12-18-3/h1,6-9,18H,5,10-13H2,2-3H3. The highest BCUT2D eigenvalue weighted by Gasteiger charge is 2.15. The number of terminal acetylenes is 1. The van der Waals surface area contributed by atoms with E-state index in [4.69, 9.17) is 10.8 Å². The van der Waals surface area contributed by atoms with E-state index in [1.807, 2.05) is 19.2 Å². The Morgan fingerprint density at radius 1 is 1.35 bits per heavy atom. The number of hydrogen-bond donors (Lipinski definition) is 1. The Kier molecular flexibility index (Phi) is 5.23. The molecule has 2 aromatic rings. The van der Waals surface area contributed by atoms with Crippen LogP contribution in [-0.4, -0.2) is 25.0 Å². The van der Waals surface area contributed by atoms with Crippen molar-refractivity contribution in [1.82, 2.24) is 10.2 Å². The van der Waals surface area contributed by atoms with Crippen LogP contribution >= 0.6 is 0 Å². The SMILES string of the molecule is C#CCN(CCC)Cc1c(CNC)oc2ccccc12. The summed E-state index contributed by atoms with van der Waals surface area (Å²) < 4.78 is 5.96. The molecule has 3 nitrogen and oxygen atoms in total. The third-order valence-electron chi connectivity index (χ3n) is 3.36. The second kappa shape index (κ2) is 7.14. The molecule has 20 heavy (non-hydrogen) atoms. The highest BCUT2D eigenvalue weighted by atomic mass is 16.3. The largest absolute Gasteiger partial charge is 0.459 e. The van der Waals surface area contributed by atoms with Crippen molar-refractivity contribution in [3.05, 3.63) is 35.6 Å². The molecule has 0 atom stereocenters. The third-order valence-corrected chi connectivity index (χ3v) is 3.36. The first-order valence-corrected chi connectivity index (χ1v) is 7.09. The van der Waals surface area contributed by atoms with E-state index < -0.39 is 0 Å². The lowest BCUT2D eigenvalue weighted by atomic mass is 10.1. The Hall–Kier alpha value is -1.76. The number of nitrogens with zero attached hydrogens (tertiary/aromatic N) is 1. The smallest absolute Gasteiger partial charge is 0.134 e. The van der Waals surface area contributed by atoms with Crippen LogP contribution in [0.5, 0.6) is 0 Å². The van der Waals surface area contributed by atoms with Gasteiger partial charge in [0.1, 0.15) is 11.3 Å². The zero-order valence-electron chi connectivity index (χ0n) is 12.3. The van der Waals surface area contributed by atoms with Gasteiger partial charge in [-0.15, -0.1) is 6.42 Å². The molecule has 1 aromatic carbocycles. The summed E-state index contributed by atoms with van der Waals surface area (Å²) in [5.74, 6) is 3.75. The number of hydrogen-bond acceptors (Lipinski definition) is 3. The predicted octanol–water partition coefficient (Wildman–Crippen LogP) is 3.00. The molecular weight excluding hydrogens is 248 g/mol. The highest BCUT2D eigenvalue weighted by molar-refractivity contribution is 5.82. The van der Waals surface area contributed by atoms with Gasteiger partial charge in [-0.3, -0.25) is 4.90 Å². The number of rotatable bonds is 7. The second-order valence-electron chi connectivity index (χ2n) is 4.95. The van der Waals surface area contributed by atoms with Gasteiger partial charge in [0.05, 0.1) is 13.1 Å². The minimum absolute atomic E-state index is 0.673. The Morgan fingerprint density at radius 3 is 2.85 bits per heavy atom. The Labute approximate surface area is 121 Å². The number of para-hydroxylation sites is 1. The zero-order chi connectivity index (χ0) is 14.4. The van der Waals surface area contributed by atoms with Crippen LogP contribution in [0, 0.1) is 12.3 Å². The van der Waals surface area contributed by atoms with Crippen LogP contribution in [0.2, 0.25) is 0 Å². The van der Waals surface area contributed by atoms with E-state index in [1.54, 1.807) is 0 Å². The zero-order valence-corrected chi connectivity index (χ0v) is 12.3. The fourth-order valence-corrected chi connectivity index (χ4v) is 2.51. The van der Waals surface area contributed by atoms with E-state index >= 15 is 0 Å². The van der Waals surface area contributed by atoms with E-state index in [0.29, 0.717) is 6.54 Å².